The Kier molecular flexibility index (Phi) is 18.8. The Morgan fingerprint density at radius 3 is 1.69 bits per heavy atom. The van der Waals surface area contributed by atoms with Gasteiger partial charge in [-0.05, 0) is 111 Å². The van der Waals surface area contributed by atoms with Gasteiger partial charge in [-0.2, -0.15) is 0 Å². The van der Waals surface area contributed by atoms with E-state index in [-0.39, 0.29) is 50.8 Å². The third-order valence-corrected chi connectivity index (χ3v) is 15.9. The number of morpholine rings is 2. The Bertz CT molecular complexity index is 3320. The van der Waals surface area contributed by atoms with Crippen molar-refractivity contribution >= 4 is 86.1 Å². The number of carbonyl (C=O) groups is 2. The number of ether oxygens (including phenoxy) is 2. The molecule has 3 aromatic heterocycles. The third-order valence-electron chi connectivity index (χ3n) is 15.3. The lowest BCUT2D eigenvalue weighted by Gasteiger charge is -2.32. The van der Waals surface area contributed by atoms with E-state index in [1.165, 1.54) is 11.1 Å². The number of amides is 2. The molecule has 2 saturated heterocycles. The fraction of sp³-hybridized carbons (Fsp3) is 0.377. The Balaban J connectivity index is 0.000000189. The van der Waals surface area contributed by atoms with Crippen LogP contribution in [-0.2, 0) is 15.9 Å². The number of anilines is 6. The number of halogens is 2. The molecule has 0 spiro atoms. The lowest BCUT2D eigenvalue weighted by Crippen LogP contribution is -2.43. The Labute approximate surface area is 478 Å². The van der Waals surface area contributed by atoms with E-state index in [0.717, 1.165) is 123 Å². The smallest absolute Gasteiger partial charge is 0.253 e. The van der Waals surface area contributed by atoms with Crippen molar-refractivity contribution in [3.63, 3.8) is 0 Å². The minimum absolute atomic E-state index is 0. The number of hydrogen-bond acceptors (Lipinski definition) is 14. The topological polar surface area (TPSA) is 227 Å². The molecule has 2 amide bonds. The molecule has 2 saturated carbocycles. The number of nitrogens with one attached hydrogen (secondary N) is 5. The molecule has 5 heterocycles. The molecule has 3 aliphatic carbocycles. The van der Waals surface area contributed by atoms with Crippen LogP contribution in [0.25, 0.3) is 27.7 Å². The summed E-state index contributed by atoms with van der Waals surface area (Å²) in [6.45, 7) is 5.52. The van der Waals surface area contributed by atoms with Crippen LogP contribution in [0.5, 0.6) is 0 Å². The summed E-state index contributed by atoms with van der Waals surface area (Å²) in [4.78, 5) is 52.9. The quantitative estimate of drug-likeness (QED) is 0.0565. The monoisotopic (exact) mass is 1120 g/mol. The van der Waals surface area contributed by atoms with Crippen molar-refractivity contribution in [2.24, 2.45) is 0 Å². The summed E-state index contributed by atoms with van der Waals surface area (Å²) >= 11 is 13.1. The number of H-pyrrole nitrogens is 1. The van der Waals surface area contributed by atoms with Crippen LogP contribution in [0, 0.1) is 0 Å². The van der Waals surface area contributed by atoms with E-state index in [2.05, 4.69) is 70.3 Å². The van der Waals surface area contributed by atoms with Crippen LogP contribution in [-0.4, -0.2) is 114 Å². The number of nitrogens with two attached hydrogens (primary N) is 2. The van der Waals surface area contributed by atoms with Gasteiger partial charge in [-0.3, -0.25) is 9.59 Å². The summed E-state index contributed by atoms with van der Waals surface area (Å²) in [6, 6.07) is 27.8. The molecule has 4 atom stereocenters. The number of nitrogen functional groups attached to an aromatic ring is 2. The van der Waals surface area contributed by atoms with Crippen LogP contribution in [0.3, 0.4) is 0 Å². The van der Waals surface area contributed by atoms with Gasteiger partial charge < -0.3 is 57.0 Å². The van der Waals surface area contributed by atoms with Crippen molar-refractivity contribution in [2.45, 2.75) is 96.8 Å². The predicted molar refractivity (Wildman–Crippen MR) is 324 cm³/mol. The van der Waals surface area contributed by atoms with Gasteiger partial charge in [0.1, 0.15) is 0 Å². The second-order valence-corrected chi connectivity index (χ2v) is 21.4. The zero-order chi connectivity index (χ0) is 53.5. The van der Waals surface area contributed by atoms with Crippen LogP contribution in [0.4, 0.5) is 34.6 Å². The molecule has 9 N–H and O–H groups in total. The van der Waals surface area contributed by atoms with Gasteiger partial charge in [-0.25, -0.2) is 19.9 Å². The first-order chi connectivity index (χ1) is 38.1. The number of rotatable bonds is 12. The van der Waals surface area contributed by atoms with Crippen LogP contribution in [0.1, 0.15) is 104 Å². The van der Waals surface area contributed by atoms with Crippen molar-refractivity contribution in [3.05, 3.63) is 148 Å². The molecule has 12 rings (SSSR count). The third kappa shape index (κ3) is 13.2. The summed E-state index contributed by atoms with van der Waals surface area (Å²) in [5.74, 6) is 0.945. The fourth-order valence-corrected chi connectivity index (χ4v) is 11.8. The minimum atomic E-state index is -0.0773. The summed E-state index contributed by atoms with van der Waals surface area (Å²) in [7, 11) is 0. The highest BCUT2D eigenvalue weighted by Crippen LogP contribution is 2.37. The van der Waals surface area contributed by atoms with Gasteiger partial charge in [0, 0.05) is 90.0 Å². The molecule has 7 aromatic rings. The van der Waals surface area contributed by atoms with Crippen LogP contribution in [0.15, 0.2) is 110 Å². The van der Waals surface area contributed by atoms with Gasteiger partial charge in [-0.15, -0.1) is 0 Å². The average molecular weight is 1120 g/mol. The zero-order valence-electron chi connectivity index (χ0n) is 43.4. The zero-order valence-corrected chi connectivity index (χ0v) is 45.0. The van der Waals surface area contributed by atoms with Gasteiger partial charge >= 0.3 is 0 Å². The summed E-state index contributed by atoms with van der Waals surface area (Å²) in [5, 5.41) is 15.6. The number of aromatic nitrogens is 5. The predicted octanol–water partition coefficient (Wildman–Crippen LogP) is 10.8. The number of para-hydroxylation sites is 1. The maximum Gasteiger partial charge on any atom is 0.253 e. The fourth-order valence-electron chi connectivity index (χ4n) is 11.4. The summed E-state index contributed by atoms with van der Waals surface area (Å²) in [5.41, 5.74) is 23.4. The molecule has 17 nitrogen and oxygen atoms in total. The first-order valence-corrected chi connectivity index (χ1v) is 27.9. The summed E-state index contributed by atoms with van der Waals surface area (Å²) in [6.07, 6.45) is 15.7. The molecule has 4 fully saturated rings. The molecule has 4 aromatic carbocycles. The van der Waals surface area contributed by atoms with E-state index in [4.69, 9.17) is 54.1 Å². The second kappa shape index (κ2) is 26.2. The standard InChI is InChI=1S/C30H33ClN6O2.C29H32ClN7O2.2CH4/c31-26-18-33-30(36-28(26)24-10-8-19-4-1-2-7-23(19)24)35-22-6-3-5-21(17-22)34-29(38)25-11-9-20(32)16-27(25)37-12-14-39-15-13-37;30-24-17-33-29(36-27(24)23-16-32-25-7-2-1-6-21(23)25)35-20-5-3-4-19(15-20)34-28(38)22-9-8-18(31)14-26(22)37-10-12-39-13-11-37;;/h1-2,4,7,9-11,16,18,21-22H,3,5-6,8,12-15,17,32H2,(H,34,38)(H,33,35,36);1-2,6-9,14,16-17,19-20,32H,3-5,10-13,15,31H2,(H,34,38)(H,33,35,36);2*1H4/t21-,22+;19-,20+;;/m00../s1. The first kappa shape index (κ1) is 57.3. The maximum atomic E-state index is 13.4. The maximum absolute atomic E-state index is 13.4. The van der Waals surface area contributed by atoms with Crippen molar-refractivity contribution in [1.82, 2.24) is 35.6 Å². The second-order valence-electron chi connectivity index (χ2n) is 20.6. The molecule has 0 bridgehead atoms. The van der Waals surface area contributed by atoms with E-state index in [1.54, 1.807) is 24.5 Å². The van der Waals surface area contributed by atoms with Crippen LogP contribution < -0.4 is 42.5 Å². The Morgan fingerprint density at radius 2 is 1.11 bits per heavy atom. The highest BCUT2D eigenvalue weighted by atomic mass is 35.5. The molecule has 19 heteroatoms. The first-order valence-electron chi connectivity index (χ1n) is 27.1. The lowest BCUT2D eigenvalue weighted by molar-refractivity contribution is 0.0917. The number of benzene rings is 4. The molecule has 2 aliphatic heterocycles. The van der Waals surface area contributed by atoms with E-state index in [1.807, 2.05) is 60.8 Å². The number of allylic oxidation sites excluding steroid dienone is 1. The molecule has 5 aliphatic rings. The molecule has 420 valence electrons. The number of hydrogen-bond donors (Lipinski definition) is 7. The van der Waals surface area contributed by atoms with Gasteiger partial charge in [0.2, 0.25) is 11.9 Å². The van der Waals surface area contributed by atoms with Gasteiger partial charge in [0.05, 0.1) is 82.8 Å². The molecular formula is C61H73Cl2N13O4. The lowest BCUT2D eigenvalue weighted by atomic mass is 9.90. The molecular weight excluding hydrogens is 1050 g/mol. The largest absolute Gasteiger partial charge is 0.399 e. The van der Waals surface area contributed by atoms with E-state index >= 15 is 0 Å². The van der Waals surface area contributed by atoms with Gasteiger partial charge in [0.25, 0.3) is 11.8 Å². The average Bonchev–Trinajstić information content (AvgIpc) is 4.11. The minimum Gasteiger partial charge on any atom is -0.399 e. The number of aromatic amines is 1. The van der Waals surface area contributed by atoms with Gasteiger partial charge in [0.15, 0.2) is 0 Å². The number of fused-ring (bicyclic) bond motifs is 2. The van der Waals surface area contributed by atoms with E-state index in [9.17, 15) is 9.59 Å². The highest BCUT2D eigenvalue weighted by molar-refractivity contribution is 6.33. The van der Waals surface area contributed by atoms with Crippen molar-refractivity contribution in [3.8, 4) is 11.3 Å². The van der Waals surface area contributed by atoms with Crippen LogP contribution >= 0.6 is 23.2 Å². The van der Waals surface area contributed by atoms with E-state index < -0.39 is 0 Å². The number of nitrogens with zero attached hydrogens (tertiary/aromatic N) is 6. The molecule has 0 unspecified atom stereocenters. The van der Waals surface area contributed by atoms with Crippen molar-refractivity contribution in [1.29, 1.82) is 0 Å². The Hall–Kier alpha value is -7.44. The van der Waals surface area contributed by atoms with Crippen molar-refractivity contribution < 1.29 is 19.1 Å². The Morgan fingerprint density at radius 1 is 0.613 bits per heavy atom. The SMILES string of the molecule is C.C.Nc1ccc(C(=O)N[C@H]2CCC[C@@H](Nc3ncc(Cl)c(-c4c[nH]c5ccccc45)n3)C2)c(N2CCOCC2)c1.Nc1ccc(C(=O)N[C@H]2CCC[C@@H](Nc3ncc(Cl)c(C4=CCc5ccccc54)n3)C2)c(N2CCOCC2)c1. The highest BCUT2D eigenvalue weighted by Gasteiger charge is 2.29. The number of carbonyl (C=O) groups excluding carboxylic acids is 2. The summed E-state index contributed by atoms with van der Waals surface area (Å²) < 4.78 is 11.0. The normalized spacial score (nSPS) is 19.7. The van der Waals surface area contributed by atoms with Crippen LogP contribution in [0.2, 0.25) is 10.0 Å². The molecule has 80 heavy (non-hydrogen) atoms. The van der Waals surface area contributed by atoms with Crippen molar-refractivity contribution in [2.75, 3.05) is 84.5 Å². The molecule has 0 radical (unpaired) electrons. The van der Waals surface area contributed by atoms with E-state index in [0.29, 0.717) is 76.6 Å². The van der Waals surface area contributed by atoms with Gasteiger partial charge in [-0.1, -0.05) is 86.6 Å².